The Morgan fingerprint density at radius 1 is 1.22 bits per heavy atom. The first-order chi connectivity index (χ1) is 11.0. The van der Waals surface area contributed by atoms with Crippen LogP contribution in [0, 0.1) is 6.92 Å². The lowest BCUT2D eigenvalue weighted by atomic mass is 10.2. The quantitative estimate of drug-likeness (QED) is 0.598. The van der Waals surface area contributed by atoms with Gasteiger partial charge in [-0.1, -0.05) is 39.1 Å². The van der Waals surface area contributed by atoms with Crippen LogP contribution in [0.2, 0.25) is 10.0 Å². The molecule has 0 atom stereocenters. The van der Waals surface area contributed by atoms with Crippen LogP contribution in [0.25, 0.3) is 0 Å². The zero-order valence-electron chi connectivity index (χ0n) is 12.5. The highest BCUT2D eigenvalue weighted by atomic mass is 79.9. The Hall–Kier alpha value is -1.23. The lowest BCUT2D eigenvalue weighted by Gasteiger charge is -2.10. The highest BCUT2D eigenvalue weighted by Crippen LogP contribution is 2.27. The Morgan fingerprint density at radius 2 is 2.00 bits per heavy atom. The molecule has 0 unspecified atom stereocenters. The molecule has 0 fully saturated rings. The normalized spacial score (nSPS) is 10.4. The molecular weight excluding hydrogens is 401 g/mol. The maximum Gasteiger partial charge on any atom is 0.224 e. The first kappa shape index (κ1) is 18.1. The highest BCUT2D eigenvalue weighted by Gasteiger charge is 2.06. The van der Waals surface area contributed by atoms with Crippen molar-refractivity contribution in [3.8, 4) is 5.75 Å². The number of amides is 1. The number of carbonyl (C=O) groups is 1. The largest absolute Gasteiger partial charge is 0.492 e. The predicted molar refractivity (Wildman–Crippen MR) is 98.7 cm³/mol. The molecule has 6 heteroatoms. The van der Waals surface area contributed by atoms with Crippen LogP contribution in [0.4, 0.5) is 5.69 Å². The zero-order chi connectivity index (χ0) is 16.8. The Morgan fingerprint density at radius 3 is 2.70 bits per heavy atom. The van der Waals surface area contributed by atoms with Gasteiger partial charge in [-0.3, -0.25) is 4.79 Å². The lowest BCUT2D eigenvalue weighted by Crippen LogP contribution is -2.13. The summed E-state index contributed by atoms with van der Waals surface area (Å²) in [5, 5.41) is 3.92. The minimum atomic E-state index is -0.0405. The van der Waals surface area contributed by atoms with E-state index in [0.717, 1.165) is 15.7 Å². The zero-order valence-corrected chi connectivity index (χ0v) is 15.6. The van der Waals surface area contributed by atoms with E-state index in [1.807, 2.05) is 25.1 Å². The summed E-state index contributed by atoms with van der Waals surface area (Å²) in [6.45, 7) is 2.36. The maximum atomic E-state index is 12.0. The van der Waals surface area contributed by atoms with Gasteiger partial charge in [0.15, 0.2) is 0 Å². The van der Waals surface area contributed by atoms with E-state index in [2.05, 4.69) is 21.2 Å². The van der Waals surface area contributed by atoms with Crippen LogP contribution in [0.3, 0.4) is 0 Å². The van der Waals surface area contributed by atoms with Crippen LogP contribution < -0.4 is 10.1 Å². The molecule has 3 nitrogen and oxygen atoms in total. The van der Waals surface area contributed by atoms with Crippen LogP contribution in [0.1, 0.15) is 18.4 Å². The third-order valence-electron chi connectivity index (χ3n) is 3.16. The minimum Gasteiger partial charge on any atom is -0.492 e. The number of anilines is 1. The molecule has 0 saturated heterocycles. The lowest BCUT2D eigenvalue weighted by molar-refractivity contribution is -0.116. The topological polar surface area (TPSA) is 38.3 Å². The molecule has 1 amide bonds. The summed E-state index contributed by atoms with van der Waals surface area (Å²) in [5.41, 5.74) is 1.83. The number of rotatable bonds is 6. The molecule has 23 heavy (non-hydrogen) atoms. The minimum absolute atomic E-state index is 0.0405. The number of halogens is 3. The second kappa shape index (κ2) is 8.57. The van der Waals surface area contributed by atoms with Gasteiger partial charge < -0.3 is 10.1 Å². The number of hydrogen-bond donors (Lipinski definition) is 1. The number of carbonyl (C=O) groups excluding carboxylic acids is 1. The Balaban J connectivity index is 1.76. The molecule has 0 radical (unpaired) electrons. The fourth-order valence-electron chi connectivity index (χ4n) is 1.99. The van der Waals surface area contributed by atoms with Crippen molar-refractivity contribution in [2.75, 3.05) is 11.9 Å². The van der Waals surface area contributed by atoms with Gasteiger partial charge in [-0.05, 0) is 55.3 Å². The van der Waals surface area contributed by atoms with Gasteiger partial charge in [0.2, 0.25) is 5.91 Å². The number of benzene rings is 2. The summed E-state index contributed by atoms with van der Waals surface area (Å²) in [6.07, 6.45) is 0.973. The second-order valence-electron chi connectivity index (χ2n) is 5.03. The van der Waals surface area contributed by atoms with E-state index in [1.54, 1.807) is 18.2 Å². The van der Waals surface area contributed by atoms with Crippen LogP contribution >= 0.6 is 39.1 Å². The van der Waals surface area contributed by atoms with Crippen LogP contribution in [-0.2, 0) is 4.79 Å². The van der Waals surface area contributed by atoms with Crippen molar-refractivity contribution in [3.05, 3.63) is 56.5 Å². The van der Waals surface area contributed by atoms with E-state index < -0.39 is 0 Å². The fraction of sp³-hybridized carbons (Fsp3) is 0.235. The molecular formula is C17H16BrCl2NO2. The molecule has 0 saturated carbocycles. The standard InChI is InChI=1S/C17H16BrCl2NO2/c1-11-9-12(18)4-6-15(11)21-17(22)3-2-8-23-16-7-5-13(19)10-14(16)20/h4-7,9-10H,2-3,8H2,1H3,(H,21,22). The summed E-state index contributed by atoms with van der Waals surface area (Å²) in [5.74, 6) is 0.529. The fourth-order valence-corrected chi connectivity index (χ4v) is 2.93. The number of nitrogens with one attached hydrogen (secondary N) is 1. The van der Waals surface area contributed by atoms with E-state index in [1.165, 1.54) is 0 Å². The Kier molecular flexibility index (Phi) is 6.75. The molecule has 0 aliphatic rings. The first-order valence-corrected chi connectivity index (χ1v) is 8.64. The van der Waals surface area contributed by atoms with Gasteiger partial charge in [0.25, 0.3) is 0 Å². The third kappa shape index (κ3) is 5.72. The second-order valence-corrected chi connectivity index (χ2v) is 6.79. The predicted octanol–water partition coefficient (Wildman–Crippen LogP) is 5.86. The van der Waals surface area contributed by atoms with E-state index in [9.17, 15) is 4.79 Å². The number of hydrogen-bond acceptors (Lipinski definition) is 2. The van der Waals surface area contributed by atoms with Crippen LogP contribution in [-0.4, -0.2) is 12.5 Å². The van der Waals surface area contributed by atoms with Crippen LogP contribution in [0.5, 0.6) is 5.75 Å². The highest BCUT2D eigenvalue weighted by molar-refractivity contribution is 9.10. The SMILES string of the molecule is Cc1cc(Br)ccc1NC(=O)CCCOc1ccc(Cl)cc1Cl. The molecule has 0 heterocycles. The molecule has 0 aliphatic carbocycles. The van der Waals surface area contributed by atoms with Crippen molar-refractivity contribution >= 4 is 50.7 Å². The van der Waals surface area contributed by atoms with Gasteiger partial charge in [0.1, 0.15) is 5.75 Å². The van der Waals surface area contributed by atoms with Gasteiger partial charge >= 0.3 is 0 Å². The third-order valence-corrected chi connectivity index (χ3v) is 4.19. The average Bonchev–Trinajstić information content (AvgIpc) is 2.48. The van der Waals surface area contributed by atoms with E-state index >= 15 is 0 Å². The maximum absolute atomic E-state index is 12.0. The number of aryl methyl sites for hydroxylation is 1. The smallest absolute Gasteiger partial charge is 0.224 e. The van der Waals surface area contributed by atoms with Crippen molar-refractivity contribution < 1.29 is 9.53 Å². The van der Waals surface area contributed by atoms with Gasteiger partial charge in [-0.15, -0.1) is 0 Å². The van der Waals surface area contributed by atoms with Gasteiger partial charge in [-0.2, -0.15) is 0 Å². The molecule has 1 N–H and O–H groups in total. The van der Waals surface area contributed by atoms with Crippen molar-refractivity contribution in [1.82, 2.24) is 0 Å². The molecule has 2 aromatic carbocycles. The summed E-state index contributed by atoms with van der Waals surface area (Å²) in [4.78, 5) is 12.0. The monoisotopic (exact) mass is 415 g/mol. The number of ether oxygens (including phenoxy) is 1. The molecule has 0 aromatic heterocycles. The van der Waals surface area contributed by atoms with Crippen molar-refractivity contribution in [3.63, 3.8) is 0 Å². The van der Waals surface area contributed by atoms with E-state index in [0.29, 0.717) is 35.2 Å². The summed E-state index contributed by atoms with van der Waals surface area (Å²) < 4.78 is 6.54. The Labute approximate surface area is 154 Å². The van der Waals surface area contributed by atoms with Gasteiger partial charge in [-0.25, -0.2) is 0 Å². The van der Waals surface area contributed by atoms with E-state index in [-0.39, 0.29) is 5.91 Å². The molecule has 0 aliphatic heterocycles. The van der Waals surface area contributed by atoms with Crippen molar-refractivity contribution in [1.29, 1.82) is 0 Å². The van der Waals surface area contributed by atoms with Crippen LogP contribution in [0.15, 0.2) is 40.9 Å². The molecule has 0 spiro atoms. The van der Waals surface area contributed by atoms with E-state index in [4.69, 9.17) is 27.9 Å². The summed E-state index contributed by atoms with van der Waals surface area (Å²) >= 11 is 15.2. The van der Waals surface area contributed by atoms with Crippen molar-refractivity contribution in [2.24, 2.45) is 0 Å². The van der Waals surface area contributed by atoms with Gasteiger partial charge in [0, 0.05) is 21.6 Å². The average molecular weight is 417 g/mol. The van der Waals surface area contributed by atoms with Crippen molar-refractivity contribution in [2.45, 2.75) is 19.8 Å². The summed E-state index contributed by atoms with van der Waals surface area (Å²) in [7, 11) is 0. The van der Waals surface area contributed by atoms with Gasteiger partial charge in [0.05, 0.1) is 11.6 Å². The molecule has 122 valence electrons. The Bertz CT molecular complexity index is 707. The molecule has 2 aromatic rings. The molecule has 2 rings (SSSR count). The first-order valence-electron chi connectivity index (χ1n) is 7.09. The summed E-state index contributed by atoms with van der Waals surface area (Å²) in [6, 6.07) is 10.8. The molecule has 0 bridgehead atoms.